The van der Waals surface area contributed by atoms with Crippen molar-refractivity contribution in [2.75, 3.05) is 6.54 Å². The number of carbonyl (C=O) groups excluding carboxylic acids is 1. The lowest BCUT2D eigenvalue weighted by Gasteiger charge is -2.38. The summed E-state index contributed by atoms with van der Waals surface area (Å²) >= 11 is 0. The molecular formula is C17H26N2O2. The van der Waals surface area contributed by atoms with Gasteiger partial charge in [0.25, 0.3) is 5.91 Å². The molecule has 2 rings (SSSR count). The number of nitrogens with zero attached hydrogens (tertiary/aromatic N) is 2. The van der Waals surface area contributed by atoms with Crippen LogP contribution in [0.15, 0.2) is 24.5 Å². The van der Waals surface area contributed by atoms with Crippen molar-refractivity contribution in [3.8, 4) is 0 Å². The summed E-state index contributed by atoms with van der Waals surface area (Å²) in [5.74, 6) is 0.450. The number of aromatic nitrogens is 1. The van der Waals surface area contributed by atoms with Crippen LogP contribution in [0.1, 0.15) is 57.8 Å². The van der Waals surface area contributed by atoms with Crippen LogP contribution >= 0.6 is 0 Å². The molecule has 2 heterocycles. The lowest BCUT2D eigenvalue weighted by Crippen LogP contribution is -2.47. The second kappa shape index (κ2) is 5.32. The van der Waals surface area contributed by atoms with Crippen molar-refractivity contribution in [2.24, 2.45) is 11.3 Å². The molecule has 0 bridgehead atoms. The molecule has 4 nitrogen and oxygen atoms in total. The van der Waals surface area contributed by atoms with Crippen molar-refractivity contribution in [3.05, 3.63) is 35.3 Å². The maximum atomic E-state index is 12.7. The van der Waals surface area contributed by atoms with E-state index in [-0.39, 0.29) is 16.9 Å². The van der Waals surface area contributed by atoms with Gasteiger partial charge in [-0.2, -0.15) is 4.73 Å². The van der Waals surface area contributed by atoms with E-state index < -0.39 is 0 Å². The van der Waals surface area contributed by atoms with E-state index in [9.17, 15) is 10.0 Å². The Hall–Kier alpha value is -1.58. The Bertz CT molecular complexity index is 532. The van der Waals surface area contributed by atoms with Gasteiger partial charge >= 0.3 is 0 Å². The quantitative estimate of drug-likeness (QED) is 0.621. The number of carbonyl (C=O) groups is 1. The largest absolute Gasteiger partial charge is 0.619 e. The molecule has 1 aliphatic rings. The highest BCUT2D eigenvalue weighted by Crippen LogP contribution is 2.41. The minimum absolute atomic E-state index is 0.0402. The second-order valence-corrected chi connectivity index (χ2v) is 7.81. The predicted molar refractivity (Wildman–Crippen MR) is 82.7 cm³/mol. The van der Waals surface area contributed by atoms with Crippen molar-refractivity contribution in [3.63, 3.8) is 0 Å². The summed E-state index contributed by atoms with van der Waals surface area (Å²) in [4.78, 5) is 14.6. The van der Waals surface area contributed by atoms with E-state index in [4.69, 9.17) is 0 Å². The van der Waals surface area contributed by atoms with Crippen LogP contribution in [-0.2, 0) is 0 Å². The molecule has 1 aliphatic heterocycles. The molecule has 0 N–H and O–H groups in total. The summed E-state index contributed by atoms with van der Waals surface area (Å²) in [7, 11) is 0. The maximum absolute atomic E-state index is 12.7. The maximum Gasteiger partial charge on any atom is 0.260 e. The van der Waals surface area contributed by atoms with Crippen LogP contribution in [0, 0.1) is 16.5 Å². The van der Waals surface area contributed by atoms with Crippen LogP contribution in [0.25, 0.3) is 0 Å². The molecular weight excluding hydrogens is 264 g/mol. The summed E-state index contributed by atoms with van der Waals surface area (Å²) < 4.78 is 0.683. The first-order valence-corrected chi connectivity index (χ1v) is 7.62. The van der Waals surface area contributed by atoms with Crippen molar-refractivity contribution >= 4 is 5.91 Å². The summed E-state index contributed by atoms with van der Waals surface area (Å²) in [5.41, 5.74) is 0.552. The predicted octanol–water partition coefficient (Wildman–Crippen LogP) is 3.00. The van der Waals surface area contributed by atoms with E-state index >= 15 is 0 Å². The van der Waals surface area contributed by atoms with Crippen molar-refractivity contribution in [2.45, 2.75) is 53.0 Å². The normalized spacial score (nSPS) is 21.6. The fourth-order valence-corrected chi connectivity index (χ4v) is 3.34. The summed E-state index contributed by atoms with van der Waals surface area (Å²) in [5, 5.41) is 11.4. The minimum Gasteiger partial charge on any atom is -0.619 e. The molecule has 1 aromatic heterocycles. The first-order chi connectivity index (χ1) is 9.61. The standard InChI is InChI=1S/C17H26N2O2/c1-16(2,3)11-14-8-10-19(17(14,4)5)15(20)13-7-6-9-18(21)12-13/h6-7,9,12,14H,8,10-11H2,1-5H3/t14-/m0/s1. The van der Waals surface area contributed by atoms with Crippen LogP contribution in [0.3, 0.4) is 0 Å². The van der Waals surface area contributed by atoms with Crippen LogP contribution in [0.4, 0.5) is 0 Å². The van der Waals surface area contributed by atoms with Crippen molar-refractivity contribution < 1.29 is 9.52 Å². The monoisotopic (exact) mass is 290 g/mol. The first kappa shape index (κ1) is 15.8. The van der Waals surface area contributed by atoms with Gasteiger partial charge in [-0.25, -0.2) is 0 Å². The lowest BCUT2D eigenvalue weighted by atomic mass is 9.76. The number of likely N-dealkylation sites (tertiary alicyclic amines) is 1. The van der Waals surface area contributed by atoms with E-state index in [1.807, 2.05) is 4.90 Å². The molecule has 1 aromatic rings. The van der Waals surface area contributed by atoms with Gasteiger partial charge in [-0.3, -0.25) is 4.79 Å². The van der Waals surface area contributed by atoms with E-state index in [0.717, 1.165) is 19.4 Å². The molecule has 4 heteroatoms. The molecule has 1 saturated heterocycles. The van der Waals surface area contributed by atoms with Crippen LogP contribution in [0.2, 0.25) is 0 Å². The number of hydrogen-bond acceptors (Lipinski definition) is 2. The summed E-state index contributed by atoms with van der Waals surface area (Å²) in [6.07, 6.45) is 4.88. The minimum atomic E-state index is -0.173. The Kier molecular flexibility index (Phi) is 4.00. The van der Waals surface area contributed by atoms with Crippen molar-refractivity contribution in [1.82, 2.24) is 4.90 Å². The third kappa shape index (κ3) is 3.36. The van der Waals surface area contributed by atoms with E-state index in [1.54, 1.807) is 12.1 Å². The number of amides is 1. The first-order valence-electron chi connectivity index (χ1n) is 7.62. The molecule has 0 aromatic carbocycles. The number of pyridine rings is 1. The van der Waals surface area contributed by atoms with Gasteiger partial charge in [0, 0.05) is 18.2 Å². The van der Waals surface area contributed by atoms with Gasteiger partial charge in [0.2, 0.25) is 0 Å². The Morgan fingerprint density at radius 1 is 1.48 bits per heavy atom. The molecule has 1 fully saturated rings. The van der Waals surface area contributed by atoms with Crippen molar-refractivity contribution in [1.29, 1.82) is 0 Å². The highest BCUT2D eigenvalue weighted by Gasteiger charge is 2.45. The van der Waals surface area contributed by atoms with Crippen LogP contribution in [-0.4, -0.2) is 22.9 Å². The molecule has 1 atom stereocenters. The SMILES string of the molecule is CC(C)(C)C[C@@H]1CCN(C(=O)c2ccc[n+]([O-])c2)C1(C)C. The molecule has 0 aliphatic carbocycles. The van der Waals surface area contributed by atoms with E-state index in [1.165, 1.54) is 12.4 Å². The molecule has 0 spiro atoms. The third-order valence-corrected chi connectivity index (χ3v) is 4.52. The molecule has 0 radical (unpaired) electrons. The Balaban J connectivity index is 2.20. The summed E-state index contributed by atoms with van der Waals surface area (Å²) in [6.45, 7) is 11.8. The summed E-state index contributed by atoms with van der Waals surface area (Å²) in [6, 6.07) is 3.33. The third-order valence-electron chi connectivity index (χ3n) is 4.52. The average molecular weight is 290 g/mol. The van der Waals surface area contributed by atoms with E-state index in [2.05, 4.69) is 34.6 Å². The Morgan fingerprint density at radius 2 is 2.14 bits per heavy atom. The highest BCUT2D eigenvalue weighted by atomic mass is 16.5. The van der Waals surface area contributed by atoms with Gasteiger partial charge in [-0.15, -0.1) is 0 Å². The molecule has 0 unspecified atom stereocenters. The Morgan fingerprint density at radius 3 is 2.71 bits per heavy atom. The van der Waals surface area contributed by atoms with Gasteiger partial charge in [0.15, 0.2) is 12.4 Å². The fraction of sp³-hybridized carbons (Fsp3) is 0.647. The Labute approximate surface area is 127 Å². The van der Waals surface area contributed by atoms with Gasteiger partial charge in [-0.1, -0.05) is 20.8 Å². The van der Waals surface area contributed by atoms with Crippen LogP contribution in [0.5, 0.6) is 0 Å². The zero-order valence-electron chi connectivity index (χ0n) is 13.7. The van der Waals surface area contributed by atoms with Gasteiger partial charge in [0.05, 0.1) is 0 Å². The molecule has 21 heavy (non-hydrogen) atoms. The number of hydrogen-bond donors (Lipinski definition) is 0. The van der Waals surface area contributed by atoms with Gasteiger partial charge in [0.1, 0.15) is 5.56 Å². The fourth-order valence-electron chi connectivity index (χ4n) is 3.34. The number of rotatable bonds is 2. The van der Waals surface area contributed by atoms with Gasteiger partial charge < -0.3 is 10.1 Å². The zero-order valence-corrected chi connectivity index (χ0v) is 13.7. The average Bonchev–Trinajstić information content (AvgIpc) is 2.62. The second-order valence-electron chi connectivity index (χ2n) is 7.81. The molecule has 1 amide bonds. The highest BCUT2D eigenvalue weighted by molar-refractivity contribution is 5.94. The van der Waals surface area contributed by atoms with Gasteiger partial charge in [-0.05, 0) is 44.1 Å². The smallest absolute Gasteiger partial charge is 0.260 e. The molecule has 0 saturated carbocycles. The topological polar surface area (TPSA) is 47.2 Å². The zero-order chi connectivity index (χ0) is 15.8. The van der Waals surface area contributed by atoms with Crippen LogP contribution < -0.4 is 4.73 Å². The lowest BCUT2D eigenvalue weighted by molar-refractivity contribution is -0.605. The molecule has 116 valence electrons. The van der Waals surface area contributed by atoms with E-state index in [0.29, 0.717) is 16.2 Å².